The topological polar surface area (TPSA) is 20.2 Å². The van der Waals surface area contributed by atoms with Gasteiger partial charge < -0.3 is 5.11 Å². The maximum atomic E-state index is 12.7. The summed E-state index contributed by atoms with van der Waals surface area (Å²) in [7, 11) is 0. The molecule has 0 aliphatic heterocycles. The number of phenols is 1. The smallest absolute Gasteiger partial charge is 0.179 e. The van der Waals surface area contributed by atoms with E-state index in [0.29, 0.717) is 8.04 Å². The van der Waals surface area contributed by atoms with Crippen molar-refractivity contribution >= 4 is 38.5 Å². The predicted octanol–water partition coefficient (Wildman–Crippen LogP) is 2.90. The molecule has 1 N–H and O–H groups in total. The van der Waals surface area contributed by atoms with Gasteiger partial charge in [-0.05, 0) is 50.7 Å². The van der Waals surface area contributed by atoms with Crippen LogP contribution >= 0.6 is 38.5 Å². The number of halogens is 3. The second kappa shape index (κ2) is 3.04. The molecule has 1 aromatic rings. The Morgan fingerprint density at radius 3 is 2.60 bits per heavy atom. The molecule has 0 bridgehead atoms. The van der Waals surface area contributed by atoms with Crippen molar-refractivity contribution in [1.29, 1.82) is 0 Å². The molecule has 1 nitrogen and oxygen atoms in total. The highest BCUT2D eigenvalue weighted by Gasteiger charge is 2.07. The third-order valence-electron chi connectivity index (χ3n) is 1.02. The SMILES string of the molecule is Oc1c(Br)ccc(I)c1F. The van der Waals surface area contributed by atoms with E-state index in [9.17, 15) is 4.39 Å². The molecule has 0 amide bonds. The van der Waals surface area contributed by atoms with Crippen LogP contribution in [0.1, 0.15) is 0 Å². The van der Waals surface area contributed by atoms with E-state index in [-0.39, 0.29) is 5.75 Å². The normalized spacial score (nSPS) is 9.90. The third kappa shape index (κ3) is 1.42. The summed E-state index contributed by atoms with van der Waals surface area (Å²) in [5, 5.41) is 8.96. The van der Waals surface area contributed by atoms with E-state index < -0.39 is 5.82 Å². The summed E-state index contributed by atoms with van der Waals surface area (Å²) in [6, 6.07) is 3.18. The van der Waals surface area contributed by atoms with Gasteiger partial charge in [-0.25, -0.2) is 4.39 Å². The molecular formula is C6H3BrFIO. The second-order valence-electron chi connectivity index (χ2n) is 1.69. The van der Waals surface area contributed by atoms with Gasteiger partial charge in [0.2, 0.25) is 0 Å². The van der Waals surface area contributed by atoms with Crippen LogP contribution in [0.25, 0.3) is 0 Å². The van der Waals surface area contributed by atoms with E-state index >= 15 is 0 Å². The molecule has 0 radical (unpaired) electrons. The fourth-order valence-electron chi connectivity index (χ4n) is 0.516. The fraction of sp³-hybridized carbons (Fsp3) is 0. The van der Waals surface area contributed by atoms with Gasteiger partial charge in [0.15, 0.2) is 11.6 Å². The van der Waals surface area contributed by atoms with Crippen molar-refractivity contribution in [2.24, 2.45) is 0 Å². The van der Waals surface area contributed by atoms with E-state index in [2.05, 4.69) is 15.9 Å². The van der Waals surface area contributed by atoms with E-state index in [1.165, 1.54) is 0 Å². The number of aromatic hydroxyl groups is 1. The van der Waals surface area contributed by atoms with Crippen molar-refractivity contribution < 1.29 is 9.50 Å². The molecule has 1 rings (SSSR count). The van der Waals surface area contributed by atoms with Crippen LogP contribution in [0.4, 0.5) is 4.39 Å². The Labute approximate surface area is 79.5 Å². The van der Waals surface area contributed by atoms with Crippen LogP contribution in [-0.4, -0.2) is 5.11 Å². The first kappa shape index (κ1) is 8.26. The van der Waals surface area contributed by atoms with Crippen LogP contribution in [0.5, 0.6) is 5.75 Å². The molecule has 10 heavy (non-hydrogen) atoms. The number of hydrogen-bond donors (Lipinski definition) is 1. The molecule has 0 heterocycles. The standard InChI is InChI=1S/C6H3BrFIO/c7-3-1-2-4(9)5(8)6(3)10/h1-2,10H. The van der Waals surface area contributed by atoms with Crippen molar-refractivity contribution in [1.82, 2.24) is 0 Å². The number of benzene rings is 1. The molecule has 0 aromatic heterocycles. The van der Waals surface area contributed by atoms with Crippen LogP contribution in [0, 0.1) is 9.39 Å². The number of rotatable bonds is 0. The molecule has 0 aliphatic rings. The quantitative estimate of drug-likeness (QED) is 0.576. The zero-order valence-corrected chi connectivity index (χ0v) is 8.48. The molecule has 0 saturated heterocycles. The minimum Gasteiger partial charge on any atom is -0.504 e. The zero-order valence-electron chi connectivity index (χ0n) is 4.74. The largest absolute Gasteiger partial charge is 0.504 e. The van der Waals surface area contributed by atoms with Crippen molar-refractivity contribution in [2.75, 3.05) is 0 Å². The fourth-order valence-corrected chi connectivity index (χ4v) is 1.26. The van der Waals surface area contributed by atoms with Crippen LogP contribution < -0.4 is 0 Å². The Morgan fingerprint density at radius 2 is 2.10 bits per heavy atom. The van der Waals surface area contributed by atoms with Gasteiger partial charge in [-0.2, -0.15) is 0 Å². The monoisotopic (exact) mass is 316 g/mol. The Balaban J connectivity index is 3.34. The molecule has 0 unspecified atom stereocenters. The van der Waals surface area contributed by atoms with Crippen molar-refractivity contribution in [3.8, 4) is 5.75 Å². The summed E-state index contributed by atoms with van der Waals surface area (Å²) in [6.07, 6.45) is 0. The molecule has 0 aliphatic carbocycles. The van der Waals surface area contributed by atoms with E-state index in [1.54, 1.807) is 12.1 Å². The van der Waals surface area contributed by atoms with Crippen molar-refractivity contribution in [3.63, 3.8) is 0 Å². The lowest BCUT2D eigenvalue weighted by atomic mass is 10.3. The number of hydrogen-bond acceptors (Lipinski definition) is 1. The lowest BCUT2D eigenvalue weighted by molar-refractivity contribution is 0.427. The van der Waals surface area contributed by atoms with Gasteiger partial charge >= 0.3 is 0 Å². The van der Waals surface area contributed by atoms with Crippen molar-refractivity contribution in [3.05, 3.63) is 26.0 Å². The molecule has 54 valence electrons. The van der Waals surface area contributed by atoms with Crippen LogP contribution in [0.2, 0.25) is 0 Å². The molecular weight excluding hydrogens is 314 g/mol. The molecule has 1 aromatic carbocycles. The van der Waals surface area contributed by atoms with Gasteiger partial charge in [0.05, 0.1) is 8.04 Å². The van der Waals surface area contributed by atoms with Gasteiger partial charge in [0.1, 0.15) is 0 Å². The Morgan fingerprint density at radius 1 is 1.50 bits per heavy atom. The Bertz CT molecular complexity index is 237. The first-order valence-corrected chi connectivity index (χ1v) is 4.32. The minimum atomic E-state index is -0.574. The summed E-state index contributed by atoms with van der Waals surface area (Å²) in [6.45, 7) is 0. The first-order chi connectivity index (χ1) is 4.63. The van der Waals surface area contributed by atoms with Gasteiger partial charge in [0, 0.05) is 0 Å². The lowest BCUT2D eigenvalue weighted by Gasteiger charge is -1.98. The number of phenolic OH excluding ortho intramolecular Hbond substituents is 1. The third-order valence-corrected chi connectivity index (χ3v) is 2.49. The zero-order chi connectivity index (χ0) is 7.72. The minimum absolute atomic E-state index is 0.327. The Hall–Kier alpha value is 0.160. The summed E-state index contributed by atoms with van der Waals surface area (Å²) in [4.78, 5) is 0. The highest BCUT2D eigenvalue weighted by atomic mass is 127. The van der Waals surface area contributed by atoms with Gasteiger partial charge in [-0.3, -0.25) is 0 Å². The average Bonchev–Trinajstić information content (AvgIpc) is 1.93. The van der Waals surface area contributed by atoms with Crippen LogP contribution in [0.15, 0.2) is 16.6 Å². The summed E-state index contributed by atoms with van der Waals surface area (Å²) in [5.74, 6) is -0.901. The van der Waals surface area contributed by atoms with E-state index in [0.717, 1.165) is 0 Å². The molecule has 0 spiro atoms. The van der Waals surface area contributed by atoms with E-state index in [4.69, 9.17) is 5.11 Å². The van der Waals surface area contributed by atoms with Crippen molar-refractivity contribution in [2.45, 2.75) is 0 Å². The van der Waals surface area contributed by atoms with Gasteiger partial charge in [-0.1, -0.05) is 0 Å². The van der Waals surface area contributed by atoms with Gasteiger partial charge in [-0.15, -0.1) is 0 Å². The van der Waals surface area contributed by atoms with Crippen LogP contribution in [0.3, 0.4) is 0 Å². The molecule has 0 saturated carbocycles. The first-order valence-electron chi connectivity index (χ1n) is 2.45. The maximum Gasteiger partial charge on any atom is 0.179 e. The molecule has 0 fully saturated rings. The van der Waals surface area contributed by atoms with Gasteiger partial charge in [0.25, 0.3) is 0 Å². The Kier molecular flexibility index (Phi) is 2.51. The maximum absolute atomic E-state index is 12.7. The second-order valence-corrected chi connectivity index (χ2v) is 3.71. The highest BCUT2D eigenvalue weighted by Crippen LogP contribution is 2.29. The average molecular weight is 317 g/mol. The lowest BCUT2D eigenvalue weighted by Crippen LogP contribution is -1.82. The highest BCUT2D eigenvalue weighted by molar-refractivity contribution is 14.1. The molecule has 4 heteroatoms. The van der Waals surface area contributed by atoms with Crippen LogP contribution in [-0.2, 0) is 0 Å². The summed E-state index contributed by atoms with van der Waals surface area (Å²) < 4.78 is 13.5. The summed E-state index contributed by atoms with van der Waals surface area (Å²) in [5.41, 5.74) is 0. The van der Waals surface area contributed by atoms with E-state index in [1.807, 2.05) is 22.6 Å². The molecule has 0 atom stereocenters. The summed E-state index contributed by atoms with van der Waals surface area (Å²) >= 11 is 4.80. The predicted molar refractivity (Wildman–Crippen MR) is 48.5 cm³/mol.